The summed E-state index contributed by atoms with van der Waals surface area (Å²) in [5.74, 6) is 0.319. The van der Waals surface area contributed by atoms with Crippen LogP contribution >= 0.6 is 0 Å². The van der Waals surface area contributed by atoms with Crippen molar-refractivity contribution >= 4 is 11.8 Å². The topological polar surface area (TPSA) is 86.4 Å². The first-order valence-electron chi connectivity index (χ1n) is 10.00. The SMILES string of the molecule is CCCN1CCC[C@]2(CCN(C(=O)CCc3c(C)nc(=O)[nH]c3C)C2)C1=O. The first-order valence-corrected chi connectivity index (χ1v) is 10.00. The molecule has 2 saturated heterocycles. The standard InChI is InChI=1S/C20H30N4O3/c1-4-10-23-11-5-8-20(18(23)26)9-12-24(13-20)17(25)7-6-16-14(2)21-19(27)22-15(16)3/h4-13H2,1-3H3,(H,21,22,27)/t20-/m1/s1. The number of piperidine rings is 1. The van der Waals surface area contributed by atoms with Gasteiger partial charge in [0.15, 0.2) is 0 Å². The highest BCUT2D eigenvalue weighted by molar-refractivity contribution is 5.86. The van der Waals surface area contributed by atoms with Crippen LogP contribution in [0.1, 0.15) is 56.0 Å². The summed E-state index contributed by atoms with van der Waals surface area (Å²) in [4.78, 5) is 47.6. The lowest BCUT2D eigenvalue weighted by atomic mass is 9.78. The Labute approximate surface area is 160 Å². The van der Waals surface area contributed by atoms with Gasteiger partial charge in [0.05, 0.1) is 5.41 Å². The average Bonchev–Trinajstić information content (AvgIpc) is 3.03. The van der Waals surface area contributed by atoms with Crippen LogP contribution in [0.25, 0.3) is 0 Å². The van der Waals surface area contributed by atoms with E-state index >= 15 is 0 Å². The van der Waals surface area contributed by atoms with Crippen LogP contribution < -0.4 is 5.69 Å². The molecule has 7 heteroatoms. The van der Waals surface area contributed by atoms with Crippen LogP contribution in [0.3, 0.4) is 0 Å². The number of nitrogens with one attached hydrogen (secondary N) is 1. The lowest BCUT2D eigenvalue weighted by Crippen LogP contribution is -2.50. The maximum Gasteiger partial charge on any atom is 0.345 e. The number of hydrogen-bond donors (Lipinski definition) is 1. The van der Waals surface area contributed by atoms with Crippen LogP contribution in [-0.4, -0.2) is 57.8 Å². The van der Waals surface area contributed by atoms with Crippen molar-refractivity contribution in [2.75, 3.05) is 26.2 Å². The van der Waals surface area contributed by atoms with E-state index in [9.17, 15) is 14.4 Å². The second-order valence-electron chi connectivity index (χ2n) is 7.97. The first-order chi connectivity index (χ1) is 12.9. The molecular formula is C20H30N4O3. The molecule has 1 aromatic heterocycles. The summed E-state index contributed by atoms with van der Waals surface area (Å²) in [6.07, 6.45) is 4.58. The Hall–Kier alpha value is -2.18. The summed E-state index contributed by atoms with van der Waals surface area (Å²) in [5, 5.41) is 0. The van der Waals surface area contributed by atoms with Crippen LogP contribution in [0, 0.1) is 19.3 Å². The fraction of sp³-hybridized carbons (Fsp3) is 0.700. The molecule has 0 bridgehead atoms. The Bertz CT molecular complexity index is 760. The predicted octanol–water partition coefficient (Wildman–Crippen LogP) is 1.57. The third kappa shape index (κ3) is 3.92. The van der Waals surface area contributed by atoms with Gasteiger partial charge in [0.25, 0.3) is 0 Å². The van der Waals surface area contributed by atoms with Gasteiger partial charge in [0.1, 0.15) is 0 Å². The smallest absolute Gasteiger partial charge is 0.342 e. The first kappa shape index (κ1) is 19.6. The molecule has 0 aliphatic carbocycles. The van der Waals surface area contributed by atoms with E-state index < -0.39 is 0 Å². The number of H-pyrrole nitrogens is 1. The molecule has 1 N–H and O–H groups in total. The molecule has 1 aromatic rings. The van der Waals surface area contributed by atoms with Gasteiger partial charge in [-0.1, -0.05) is 6.92 Å². The van der Waals surface area contributed by atoms with Gasteiger partial charge in [0, 0.05) is 44.0 Å². The van der Waals surface area contributed by atoms with Crippen LogP contribution in [0.15, 0.2) is 4.79 Å². The summed E-state index contributed by atoms with van der Waals surface area (Å²) in [6, 6.07) is 0. The van der Waals surface area contributed by atoms with Crippen molar-refractivity contribution in [3.8, 4) is 0 Å². The van der Waals surface area contributed by atoms with Gasteiger partial charge in [-0.25, -0.2) is 4.79 Å². The third-order valence-corrected chi connectivity index (χ3v) is 6.07. The zero-order valence-electron chi connectivity index (χ0n) is 16.6. The van der Waals surface area contributed by atoms with Gasteiger partial charge in [0.2, 0.25) is 11.8 Å². The van der Waals surface area contributed by atoms with Crippen molar-refractivity contribution in [1.82, 2.24) is 19.8 Å². The molecule has 0 aromatic carbocycles. The number of likely N-dealkylation sites (tertiary alicyclic amines) is 2. The number of carbonyl (C=O) groups is 2. The number of amides is 2. The molecule has 7 nitrogen and oxygen atoms in total. The number of aromatic nitrogens is 2. The molecule has 3 heterocycles. The normalized spacial score (nSPS) is 22.7. The number of rotatable bonds is 5. The Morgan fingerprint density at radius 1 is 1.22 bits per heavy atom. The zero-order valence-corrected chi connectivity index (χ0v) is 16.6. The monoisotopic (exact) mass is 374 g/mol. The Balaban J connectivity index is 1.63. The maximum absolute atomic E-state index is 13.0. The van der Waals surface area contributed by atoms with Crippen molar-refractivity contribution in [2.45, 2.75) is 59.3 Å². The van der Waals surface area contributed by atoms with E-state index in [0.717, 1.165) is 50.0 Å². The average molecular weight is 374 g/mol. The molecule has 0 unspecified atom stereocenters. The van der Waals surface area contributed by atoms with E-state index in [2.05, 4.69) is 16.9 Å². The Morgan fingerprint density at radius 2 is 2.00 bits per heavy atom. The summed E-state index contributed by atoms with van der Waals surface area (Å²) in [5.41, 5.74) is 1.67. The quantitative estimate of drug-likeness (QED) is 0.848. The molecule has 2 amide bonds. The fourth-order valence-electron chi connectivity index (χ4n) is 4.61. The predicted molar refractivity (Wildman–Crippen MR) is 102 cm³/mol. The van der Waals surface area contributed by atoms with Crippen molar-refractivity contribution < 1.29 is 9.59 Å². The van der Waals surface area contributed by atoms with E-state index in [1.165, 1.54) is 0 Å². The minimum absolute atomic E-state index is 0.0808. The zero-order chi connectivity index (χ0) is 19.6. The molecule has 1 atom stereocenters. The second kappa shape index (κ2) is 7.82. The highest BCUT2D eigenvalue weighted by Gasteiger charge is 2.48. The van der Waals surface area contributed by atoms with E-state index in [0.29, 0.717) is 31.6 Å². The highest BCUT2D eigenvalue weighted by Crippen LogP contribution is 2.40. The lowest BCUT2D eigenvalue weighted by molar-refractivity contribution is -0.146. The maximum atomic E-state index is 13.0. The van der Waals surface area contributed by atoms with E-state index in [1.807, 2.05) is 16.7 Å². The van der Waals surface area contributed by atoms with Crippen LogP contribution in [0.2, 0.25) is 0 Å². The molecule has 2 aliphatic rings. The molecular weight excluding hydrogens is 344 g/mol. The number of hydrogen-bond acceptors (Lipinski definition) is 4. The van der Waals surface area contributed by atoms with Gasteiger partial charge >= 0.3 is 5.69 Å². The lowest BCUT2D eigenvalue weighted by Gasteiger charge is -2.39. The number of carbonyl (C=O) groups excluding carboxylic acids is 2. The summed E-state index contributed by atoms with van der Waals surface area (Å²) >= 11 is 0. The number of aromatic amines is 1. The Morgan fingerprint density at radius 3 is 2.70 bits per heavy atom. The number of aryl methyl sites for hydroxylation is 2. The molecule has 27 heavy (non-hydrogen) atoms. The number of nitrogens with zero attached hydrogens (tertiary/aromatic N) is 3. The van der Waals surface area contributed by atoms with E-state index in [-0.39, 0.29) is 22.9 Å². The minimum Gasteiger partial charge on any atom is -0.342 e. The largest absolute Gasteiger partial charge is 0.345 e. The summed E-state index contributed by atoms with van der Waals surface area (Å²) in [6.45, 7) is 8.60. The van der Waals surface area contributed by atoms with E-state index in [4.69, 9.17) is 0 Å². The third-order valence-electron chi connectivity index (χ3n) is 6.07. The van der Waals surface area contributed by atoms with Crippen LogP contribution in [0.4, 0.5) is 0 Å². The molecule has 148 valence electrons. The van der Waals surface area contributed by atoms with Crippen molar-refractivity contribution in [1.29, 1.82) is 0 Å². The van der Waals surface area contributed by atoms with Crippen molar-refractivity contribution in [3.05, 3.63) is 27.4 Å². The van der Waals surface area contributed by atoms with Crippen LogP contribution in [-0.2, 0) is 16.0 Å². The van der Waals surface area contributed by atoms with Gasteiger partial charge in [-0.2, -0.15) is 4.98 Å². The summed E-state index contributed by atoms with van der Waals surface area (Å²) < 4.78 is 0. The fourth-order valence-corrected chi connectivity index (χ4v) is 4.61. The van der Waals surface area contributed by atoms with Crippen molar-refractivity contribution in [3.63, 3.8) is 0 Å². The van der Waals surface area contributed by atoms with Gasteiger partial charge in [-0.3, -0.25) is 9.59 Å². The minimum atomic E-state index is -0.367. The van der Waals surface area contributed by atoms with E-state index in [1.54, 1.807) is 6.92 Å². The second-order valence-corrected chi connectivity index (χ2v) is 7.97. The molecule has 1 spiro atoms. The van der Waals surface area contributed by atoms with Gasteiger partial charge in [-0.05, 0) is 51.5 Å². The summed E-state index contributed by atoms with van der Waals surface area (Å²) in [7, 11) is 0. The molecule has 2 aliphatic heterocycles. The molecule has 3 rings (SSSR count). The highest BCUT2D eigenvalue weighted by atomic mass is 16.2. The van der Waals surface area contributed by atoms with Crippen molar-refractivity contribution in [2.24, 2.45) is 5.41 Å². The molecule has 0 saturated carbocycles. The molecule has 0 radical (unpaired) electrons. The van der Waals surface area contributed by atoms with Gasteiger partial charge < -0.3 is 14.8 Å². The Kier molecular flexibility index (Phi) is 5.67. The molecule has 2 fully saturated rings. The van der Waals surface area contributed by atoms with Crippen LogP contribution in [0.5, 0.6) is 0 Å². The van der Waals surface area contributed by atoms with Gasteiger partial charge in [-0.15, -0.1) is 0 Å².